The van der Waals surface area contributed by atoms with Crippen molar-refractivity contribution in [3.05, 3.63) is 23.3 Å². The van der Waals surface area contributed by atoms with Crippen LogP contribution in [-0.2, 0) is 10.3 Å². The van der Waals surface area contributed by atoms with Crippen molar-refractivity contribution in [3.63, 3.8) is 0 Å². The van der Waals surface area contributed by atoms with Crippen molar-refractivity contribution in [2.75, 3.05) is 7.11 Å². The molecule has 17 heavy (non-hydrogen) atoms. The zero-order valence-corrected chi connectivity index (χ0v) is 10.7. The van der Waals surface area contributed by atoms with Gasteiger partial charge in [0.2, 0.25) is 0 Å². The van der Waals surface area contributed by atoms with Gasteiger partial charge in [-0.25, -0.2) is 9.97 Å². The van der Waals surface area contributed by atoms with Crippen molar-refractivity contribution in [1.29, 1.82) is 0 Å². The van der Waals surface area contributed by atoms with Crippen LogP contribution >= 0.6 is 0 Å². The van der Waals surface area contributed by atoms with Gasteiger partial charge in [-0.1, -0.05) is 0 Å². The first-order chi connectivity index (χ1) is 8.09. The highest BCUT2D eigenvalue weighted by Crippen LogP contribution is 2.40. The first kappa shape index (κ1) is 12.5. The average Bonchev–Trinajstić information content (AvgIpc) is 2.78. The summed E-state index contributed by atoms with van der Waals surface area (Å²) >= 11 is 0. The maximum absolute atomic E-state index is 9.57. The molecular weight excluding hydrogens is 216 g/mol. The summed E-state index contributed by atoms with van der Waals surface area (Å²) in [4.78, 5) is 8.91. The number of aliphatic hydroxyl groups excluding tert-OH is 1. The van der Waals surface area contributed by atoms with Crippen molar-refractivity contribution >= 4 is 0 Å². The Hall–Kier alpha value is -1.00. The highest BCUT2D eigenvalue weighted by Gasteiger charge is 2.38. The topological polar surface area (TPSA) is 55.2 Å². The fourth-order valence-corrected chi connectivity index (χ4v) is 2.57. The molecule has 1 aliphatic rings. The number of aromatic nitrogens is 2. The van der Waals surface area contributed by atoms with Crippen LogP contribution in [0, 0.1) is 6.92 Å². The molecule has 94 valence electrons. The van der Waals surface area contributed by atoms with E-state index in [1.165, 1.54) is 0 Å². The monoisotopic (exact) mass is 236 g/mol. The molecule has 1 aromatic rings. The molecule has 0 aromatic carbocycles. The van der Waals surface area contributed by atoms with Crippen LogP contribution in [0.25, 0.3) is 0 Å². The Balaban J connectivity index is 2.36. The van der Waals surface area contributed by atoms with Crippen molar-refractivity contribution in [2.24, 2.45) is 0 Å². The molecule has 0 bridgehead atoms. The minimum atomic E-state index is -0.522. The van der Waals surface area contributed by atoms with Crippen molar-refractivity contribution < 1.29 is 9.84 Å². The lowest BCUT2D eigenvalue weighted by molar-refractivity contribution is -0.0165. The average molecular weight is 236 g/mol. The molecule has 1 fully saturated rings. The van der Waals surface area contributed by atoms with E-state index in [1.54, 1.807) is 20.2 Å². The van der Waals surface area contributed by atoms with Crippen LogP contribution in [-0.4, -0.2) is 22.2 Å². The summed E-state index contributed by atoms with van der Waals surface area (Å²) in [5.41, 5.74) is 1.33. The third-order valence-electron chi connectivity index (χ3n) is 3.68. The fourth-order valence-electron chi connectivity index (χ4n) is 2.57. The van der Waals surface area contributed by atoms with Gasteiger partial charge >= 0.3 is 0 Å². The Bertz CT molecular complexity index is 398. The van der Waals surface area contributed by atoms with Crippen LogP contribution in [0.5, 0.6) is 0 Å². The van der Waals surface area contributed by atoms with E-state index in [1.807, 2.05) is 6.92 Å². The minimum absolute atomic E-state index is 0.304. The Morgan fingerprint density at radius 2 is 2.06 bits per heavy atom. The highest BCUT2D eigenvalue weighted by atomic mass is 16.5. The fraction of sp³-hybridized carbons (Fsp3) is 0.692. The quantitative estimate of drug-likeness (QED) is 0.874. The second-order valence-electron chi connectivity index (χ2n) is 4.82. The summed E-state index contributed by atoms with van der Waals surface area (Å²) in [6.45, 7) is 3.64. The lowest BCUT2D eigenvalue weighted by atomic mass is 10.0. The van der Waals surface area contributed by atoms with Crippen molar-refractivity contribution in [3.8, 4) is 0 Å². The lowest BCUT2D eigenvalue weighted by Gasteiger charge is -2.26. The molecule has 1 unspecified atom stereocenters. The largest absolute Gasteiger partial charge is 0.389 e. The standard InChI is InChI=1S/C13H20N2O2/c1-9-11(10(2)16)8-14-12(15-9)13(17-3)6-4-5-7-13/h8,10,16H,4-7H2,1-3H3. The second-order valence-corrected chi connectivity index (χ2v) is 4.82. The molecule has 4 heteroatoms. The Morgan fingerprint density at radius 1 is 1.41 bits per heavy atom. The van der Waals surface area contributed by atoms with Crippen LogP contribution < -0.4 is 0 Å². The van der Waals surface area contributed by atoms with Crippen molar-refractivity contribution in [1.82, 2.24) is 9.97 Å². The van der Waals surface area contributed by atoms with Crippen LogP contribution in [0.1, 0.15) is 55.8 Å². The molecule has 2 rings (SSSR count). The van der Waals surface area contributed by atoms with Gasteiger partial charge in [0.05, 0.1) is 6.10 Å². The summed E-state index contributed by atoms with van der Waals surface area (Å²) in [7, 11) is 1.73. The van der Waals surface area contributed by atoms with Gasteiger partial charge in [-0.2, -0.15) is 0 Å². The SMILES string of the molecule is COC1(c2ncc(C(C)O)c(C)n2)CCCC1. The number of ether oxygens (including phenoxy) is 1. The van der Waals surface area contributed by atoms with Gasteiger partial charge in [-0.15, -0.1) is 0 Å². The molecular formula is C13H20N2O2. The number of hydrogen-bond donors (Lipinski definition) is 1. The molecule has 1 saturated carbocycles. The molecule has 0 aliphatic heterocycles. The van der Waals surface area contributed by atoms with Gasteiger partial charge < -0.3 is 9.84 Å². The molecule has 1 aromatic heterocycles. The molecule has 1 N–H and O–H groups in total. The maximum atomic E-state index is 9.57. The Labute approximate surface area is 102 Å². The number of rotatable bonds is 3. The number of nitrogens with zero attached hydrogens (tertiary/aromatic N) is 2. The Morgan fingerprint density at radius 3 is 2.53 bits per heavy atom. The van der Waals surface area contributed by atoms with E-state index >= 15 is 0 Å². The number of methoxy groups -OCH3 is 1. The second kappa shape index (κ2) is 4.70. The summed E-state index contributed by atoms with van der Waals surface area (Å²) in [5, 5.41) is 9.57. The molecule has 4 nitrogen and oxygen atoms in total. The molecule has 1 aliphatic carbocycles. The first-order valence-corrected chi connectivity index (χ1v) is 6.16. The van der Waals surface area contributed by atoms with Gasteiger partial charge in [0.15, 0.2) is 5.82 Å². The van der Waals surface area contributed by atoms with E-state index in [-0.39, 0.29) is 5.60 Å². The third kappa shape index (κ3) is 2.19. The minimum Gasteiger partial charge on any atom is -0.389 e. The van der Waals surface area contributed by atoms with Gasteiger partial charge in [0, 0.05) is 24.6 Å². The molecule has 0 saturated heterocycles. The predicted octanol–water partition coefficient (Wildman–Crippen LogP) is 2.25. The normalized spacial score (nSPS) is 20.5. The van der Waals surface area contributed by atoms with Crippen LogP contribution in [0.3, 0.4) is 0 Å². The van der Waals surface area contributed by atoms with Crippen LogP contribution in [0.15, 0.2) is 6.20 Å². The van der Waals surface area contributed by atoms with Crippen LogP contribution in [0.4, 0.5) is 0 Å². The van der Waals surface area contributed by atoms with E-state index < -0.39 is 6.10 Å². The van der Waals surface area contributed by atoms with Crippen molar-refractivity contribution in [2.45, 2.75) is 51.2 Å². The number of aryl methyl sites for hydroxylation is 1. The van der Waals surface area contributed by atoms with Crippen LogP contribution in [0.2, 0.25) is 0 Å². The van der Waals surface area contributed by atoms with E-state index in [4.69, 9.17) is 4.74 Å². The maximum Gasteiger partial charge on any atom is 0.160 e. The van der Waals surface area contributed by atoms with Gasteiger partial charge in [0.25, 0.3) is 0 Å². The zero-order chi connectivity index (χ0) is 12.5. The molecule has 0 radical (unpaired) electrons. The molecule has 1 heterocycles. The van der Waals surface area contributed by atoms with Gasteiger partial charge in [0.1, 0.15) is 5.60 Å². The smallest absolute Gasteiger partial charge is 0.160 e. The van der Waals surface area contributed by atoms with E-state index in [0.717, 1.165) is 42.8 Å². The Kier molecular flexibility index (Phi) is 3.45. The van der Waals surface area contributed by atoms with Gasteiger partial charge in [-0.3, -0.25) is 0 Å². The zero-order valence-electron chi connectivity index (χ0n) is 10.7. The number of hydrogen-bond acceptors (Lipinski definition) is 4. The molecule has 0 spiro atoms. The summed E-state index contributed by atoms with van der Waals surface area (Å²) < 4.78 is 5.65. The molecule has 1 atom stereocenters. The highest BCUT2D eigenvalue weighted by molar-refractivity contribution is 5.20. The predicted molar refractivity (Wildman–Crippen MR) is 64.6 cm³/mol. The molecule has 0 amide bonds. The van der Waals surface area contributed by atoms with Gasteiger partial charge in [-0.05, 0) is 39.5 Å². The first-order valence-electron chi connectivity index (χ1n) is 6.16. The third-order valence-corrected chi connectivity index (χ3v) is 3.68. The summed E-state index contributed by atoms with van der Waals surface area (Å²) in [5.74, 6) is 0.763. The van der Waals surface area contributed by atoms with E-state index in [9.17, 15) is 5.11 Å². The number of aliphatic hydroxyl groups is 1. The van der Waals surface area contributed by atoms with E-state index in [0.29, 0.717) is 0 Å². The lowest BCUT2D eigenvalue weighted by Crippen LogP contribution is -2.28. The van der Waals surface area contributed by atoms with E-state index in [2.05, 4.69) is 9.97 Å². The summed E-state index contributed by atoms with van der Waals surface area (Å²) in [6.07, 6.45) is 5.49. The summed E-state index contributed by atoms with van der Waals surface area (Å²) in [6, 6.07) is 0.